The van der Waals surface area contributed by atoms with Gasteiger partial charge in [-0.2, -0.15) is 5.10 Å². The number of nitrogens with zero attached hydrogens (tertiary/aromatic N) is 2. The Balaban J connectivity index is 2.26. The van der Waals surface area contributed by atoms with Crippen molar-refractivity contribution in [3.8, 4) is 0 Å². The Morgan fingerprint density at radius 1 is 1.47 bits per heavy atom. The molecule has 0 aliphatic heterocycles. The Morgan fingerprint density at radius 2 is 2.33 bits per heavy atom. The number of nitrogens with one attached hydrogen (secondary N) is 1. The van der Waals surface area contributed by atoms with Gasteiger partial charge >= 0.3 is 0 Å². The summed E-state index contributed by atoms with van der Waals surface area (Å²) < 4.78 is 0.869. The molecule has 0 bridgehead atoms. The summed E-state index contributed by atoms with van der Waals surface area (Å²) in [4.78, 5) is 15.5. The summed E-state index contributed by atoms with van der Waals surface area (Å²) in [5.41, 5.74) is 0.642. The van der Waals surface area contributed by atoms with Gasteiger partial charge in [-0.15, -0.1) is 0 Å². The second-order valence-electron chi connectivity index (χ2n) is 2.70. The average Bonchev–Trinajstić information content (AvgIpc) is 2.74. The minimum atomic E-state index is 0.642. The number of aldehydes is 1. The minimum absolute atomic E-state index is 0.642. The van der Waals surface area contributed by atoms with Gasteiger partial charge < -0.3 is 0 Å². The fourth-order valence-electron chi connectivity index (χ4n) is 1.02. The molecule has 2 aromatic rings. The van der Waals surface area contributed by atoms with Crippen molar-refractivity contribution in [3.63, 3.8) is 0 Å². The van der Waals surface area contributed by atoms with Crippen molar-refractivity contribution in [1.29, 1.82) is 0 Å². The molecule has 0 saturated heterocycles. The van der Waals surface area contributed by atoms with Gasteiger partial charge in [0.15, 0.2) is 5.16 Å². The molecule has 0 saturated carbocycles. The third-order valence-electron chi connectivity index (χ3n) is 1.69. The molecule has 1 aromatic carbocycles. The lowest BCUT2D eigenvalue weighted by atomic mass is 10.2. The summed E-state index contributed by atoms with van der Waals surface area (Å²) in [6, 6.07) is 5.39. The molecule has 1 N–H and O–H groups in total. The van der Waals surface area contributed by atoms with Crippen molar-refractivity contribution in [3.05, 3.63) is 34.6 Å². The zero-order valence-corrected chi connectivity index (χ0v) is 9.88. The first-order chi connectivity index (χ1) is 7.29. The molecule has 1 heterocycles. The first-order valence-corrected chi connectivity index (χ1v) is 5.68. The summed E-state index contributed by atoms with van der Waals surface area (Å²) in [6.07, 6.45) is 2.27. The van der Waals surface area contributed by atoms with Crippen LogP contribution in [0.4, 0.5) is 0 Å². The number of H-pyrrole nitrogens is 1. The lowest BCUT2D eigenvalue weighted by Gasteiger charge is -2.01. The Kier molecular flexibility index (Phi) is 3.17. The molecule has 15 heavy (non-hydrogen) atoms. The van der Waals surface area contributed by atoms with Crippen LogP contribution < -0.4 is 0 Å². The molecule has 0 spiro atoms. The van der Waals surface area contributed by atoms with Crippen molar-refractivity contribution >= 4 is 34.0 Å². The van der Waals surface area contributed by atoms with Gasteiger partial charge in [0.1, 0.15) is 12.6 Å². The van der Waals surface area contributed by atoms with E-state index in [2.05, 4.69) is 31.1 Å². The molecule has 2 rings (SSSR count). The Bertz CT molecular complexity index is 472. The predicted octanol–water partition coefficient (Wildman–Crippen LogP) is 2.53. The predicted molar refractivity (Wildman–Crippen MR) is 60.0 cm³/mol. The molecule has 0 aliphatic carbocycles. The molecular formula is C9H6BrN3OS. The largest absolute Gasteiger partial charge is 0.298 e. The highest BCUT2D eigenvalue weighted by Gasteiger charge is 2.05. The van der Waals surface area contributed by atoms with Crippen LogP contribution in [-0.4, -0.2) is 21.5 Å². The number of rotatable bonds is 3. The van der Waals surface area contributed by atoms with Crippen molar-refractivity contribution in [2.75, 3.05) is 0 Å². The fraction of sp³-hybridized carbons (Fsp3) is 0. The third kappa shape index (κ3) is 2.45. The van der Waals surface area contributed by atoms with Gasteiger partial charge in [0.25, 0.3) is 0 Å². The highest BCUT2D eigenvalue weighted by molar-refractivity contribution is 9.10. The Hall–Kier alpha value is -1.14. The molecule has 0 aliphatic rings. The van der Waals surface area contributed by atoms with Crippen LogP contribution >= 0.6 is 27.7 Å². The molecule has 1 aromatic heterocycles. The van der Waals surface area contributed by atoms with Crippen LogP contribution in [-0.2, 0) is 0 Å². The van der Waals surface area contributed by atoms with E-state index in [-0.39, 0.29) is 0 Å². The van der Waals surface area contributed by atoms with E-state index in [1.165, 1.54) is 18.1 Å². The Labute approximate surface area is 98.6 Å². The van der Waals surface area contributed by atoms with Crippen LogP contribution in [0.5, 0.6) is 0 Å². The number of carbonyl (C=O) groups excluding carboxylic acids is 1. The molecule has 0 amide bonds. The fourth-order valence-corrected chi connectivity index (χ4v) is 2.36. The van der Waals surface area contributed by atoms with Gasteiger partial charge in [-0.25, -0.2) is 4.98 Å². The lowest BCUT2D eigenvalue weighted by Crippen LogP contribution is -1.83. The van der Waals surface area contributed by atoms with Crippen LogP contribution in [0.25, 0.3) is 0 Å². The van der Waals surface area contributed by atoms with Crippen LogP contribution in [0.15, 0.2) is 39.1 Å². The summed E-state index contributed by atoms with van der Waals surface area (Å²) in [5, 5.41) is 7.22. The zero-order valence-electron chi connectivity index (χ0n) is 7.48. The van der Waals surface area contributed by atoms with Crippen LogP contribution in [0.3, 0.4) is 0 Å². The molecule has 76 valence electrons. The highest BCUT2D eigenvalue weighted by atomic mass is 79.9. The normalized spacial score (nSPS) is 10.2. The third-order valence-corrected chi connectivity index (χ3v) is 3.58. The SMILES string of the molecule is O=Cc1ccc(Sc2ncn[nH]2)c(Br)c1. The van der Waals surface area contributed by atoms with Crippen LogP contribution in [0, 0.1) is 0 Å². The van der Waals surface area contributed by atoms with Crippen molar-refractivity contribution in [2.24, 2.45) is 0 Å². The van der Waals surface area contributed by atoms with Gasteiger partial charge in [-0.1, -0.05) is 6.07 Å². The smallest absolute Gasteiger partial charge is 0.188 e. The first kappa shape index (κ1) is 10.4. The molecule has 0 unspecified atom stereocenters. The Morgan fingerprint density at radius 3 is 2.93 bits per heavy atom. The number of hydrogen-bond acceptors (Lipinski definition) is 4. The van der Waals surface area contributed by atoms with E-state index in [4.69, 9.17) is 0 Å². The number of halogens is 1. The number of aromatic nitrogens is 3. The molecule has 0 fully saturated rings. The van der Waals surface area contributed by atoms with E-state index in [1.807, 2.05) is 6.07 Å². The first-order valence-electron chi connectivity index (χ1n) is 4.07. The number of carbonyl (C=O) groups is 1. The summed E-state index contributed by atoms with van der Waals surface area (Å²) in [7, 11) is 0. The molecule has 0 atom stereocenters. The van der Waals surface area contributed by atoms with E-state index < -0.39 is 0 Å². The molecular weight excluding hydrogens is 278 g/mol. The highest BCUT2D eigenvalue weighted by Crippen LogP contribution is 2.31. The van der Waals surface area contributed by atoms with Crippen molar-refractivity contribution in [1.82, 2.24) is 15.2 Å². The number of aromatic amines is 1. The van der Waals surface area contributed by atoms with E-state index >= 15 is 0 Å². The molecule has 0 radical (unpaired) electrons. The van der Waals surface area contributed by atoms with Gasteiger partial charge in [0.2, 0.25) is 0 Å². The van der Waals surface area contributed by atoms with Gasteiger partial charge in [-0.05, 0) is 39.8 Å². The average molecular weight is 284 g/mol. The summed E-state index contributed by atoms with van der Waals surface area (Å²) in [6.45, 7) is 0. The molecule has 6 heteroatoms. The maximum Gasteiger partial charge on any atom is 0.188 e. The standard InChI is InChI=1S/C9H6BrN3OS/c10-7-3-6(4-14)1-2-8(7)15-9-11-5-12-13-9/h1-5H,(H,11,12,13). The lowest BCUT2D eigenvalue weighted by molar-refractivity contribution is 0.112. The van der Waals surface area contributed by atoms with E-state index in [0.717, 1.165) is 20.8 Å². The van der Waals surface area contributed by atoms with Gasteiger partial charge in [-0.3, -0.25) is 9.89 Å². The maximum atomic E-state index is 10.5. The van der Waals surface area contributed by atoms with Crippen molar-refractivity contribution in [2.45, 2.75) is 10.1 Å². The second kappa shape index (κ2) is 4.59. The van der Waals surface area contributed by atoms with Gasteiger partial charge in [0, 0.05) is 14.9 Å². The second-order valence-corrected chi connectivity index (χ2v) is 4.59. The van der Waals surface area contributed by atoms with E-state index in [1.54, 1.807) is 12.1 Å². The van der Waals surface area contributed by atoms with Crippen molar-refractivity contribution < 1.29 is 4.79 Å². The topological polar surface area (TPSA) is 58.6 Å². The quantitative estimate of drug-likeness (QED) is 0.880. The van der Waals surface area contributed by atoms with Crippen LogP contribution in [0.1, 0.15) is 10.4 Å². The summed E-state index contributed by atoms with van der Waals surface area (Å²) in [5.74, 6) is 0. The van der Waals surface area contributed by atoms with E-state index in [9.17, 15) is 4.79 Å². The van der Waals surface area contributed by atoms with Gasteiger partial charge in [0.05, 0.1) is 0 Å². The van der Waals surface area contributed by atoms with E-state index in [0.29, 0.717) is 5.56 Å². The number of hydrogen-bond donors (Lipinski definition) is 1. The zero-order chi connectivity index (χ0) is 10.7. The summed E-state index contributed by atoms with van der Waals surface area (Å²) >= 11 is 4.84. The number of benzene rings is 1. The van der Waals surface area contributed by atoms with Crippen LogP contribution in [0.2, 0.25) is 0 Å². The maximum absolute atomic E-state index is 10.5. The monoisotopic (exact) mass is 283 g/mol. The minimum Gasteiger partial charge on any atom is -0.298 e. The molecule has 4 nitrogen and oxygen atoms in total.